The van der Waals surface area contributed by atoms with Crippen molar-refractivity contribution in [3.8, 4) is 0 Å². The second-order valence-electron chi connectivity index (χ2n) is 4.83. The maximum Gasteiger partial charge on any atom is 0.188 e. The second kappa shape index (κ2) is 6.69. The number of aryl methyl sites for hydroxylation is 2. The van der Waals surface area contributed by atoms with Crippen molar-refractivity contribution < 1.29 is 9.53 Å². The normalized spacial score (nSPS) is 10.6. The molecule has 2 aromatic carbocycles. The van der Waals surface area contributed by atoms with Crippen molar-refractivity contribution in [1.82, 2.24) is 0 Å². The Bertz CT molecular complexity index is 583. The zero-order valence-corrected chi connectivity index (χ0v) is 12.4. The van der Waals surface area contributed by atoms with E-state index in [1.165, 1.54) is 0 Å². The average molecular weight is 289 g/mol. The van der Waals surface area contributed by atoms with Gasteiger partial charge < -0.3 is 4.74 Å². The quantitative estimate of drug-likeness (QED) is 0.764. The van der Waals surface area contributed by atoms with Gasteiger partial charge in [-0.1, -0.05) is 41.9 Å². The molecule has 0 heterocycles. The van der Waals surface area contributed by atoms with Crippen molar-refractivity contribution >= 4 is 17.4 Å². The molecule has 0 spiro atoms. The molecule has 2 nitrogen and oxygen atoms in total. The van der Waals surface area contributed by atoms with E-state index in [1.54, 1.807) is 0 Å². The van der Waals surface area contributed by atoms with Crippen LogP contribution in [0.15, 0.2) is 42.5 Å². The number of hydrogen-bond donors (Lipinski definition) is 0. The number of hydrogen-bond acceptors (Lipinski definition) is 2. The molecule has 104 valence electrons. The van der Waals surface area contributed by atoms with Crippen LogP contribution in [0.4, 0.5) is 0 Å². The molecule has 0 aromatic heterocycles. The van der Waals surface area contributed by atoms with Gasteiger partial charge in [-0.2, -0.15) is 0 Å². The molecular weight excluding hydrogens is 272 g/mol. The lowest BCUT2D eigenvalue weighted by atomic mass is 10.0. The third kappa shape index (κ3) is 3.69. The largest absolute Gasteiger partial charge is 0.369 e. The van der Waals surface area contributed by atoms with Gasteiger partial charge in [-0.15, -0.1) is 0 Å². The monoisotopic (exact) mass is 288 g/mol. The van der Waals surface area contributed by atoms with Crippen LogP contribution in [0.1, 0.15) is 27.0 Å². The lowest BCUT2D eigenvalue weighted by Gasteiger charge is -2.08. The molecule has 3 heteroatoms. The lowest BCUT2D eigenvalue weighted by Crippen LogP contribution is -2.09. The fourth-order valence-corrected chi connectivity index (χ4v) is 2.14. The number of benzene rings is 2. The van der Waals surface area contributed by atoms with Gasteiger partial charge >= 0.3 is 0 Å². The zero-order valence-electron chi connectivity index (χ0n) is 11.7. The molecule has 0 N–H and O–H groups in total. The van der Waals surface area contributed by atoms with Gasteiger partial charge in [0.2, 0.25) is 0 Å². The van der Waals surface area contributed by atoms with Crippen molar-refractivity contribution in [1.29, 1.82) is 0 Å². The fraction of sp³-hybridized carbons (Fsp3) is 0.235. The Kier molecular flexibility index (Phi) is 4.94. The molecule has 0 atom stereocenters. The van der Waals surface area contributed by atoms with Crippen LogP contribution in [0.3, 0.4) is 0 Å². The molecule has 2 aromatic rings. The van der Waals surface area contributed by atoms with E-state index in [0.29, 0.717) is 17.2 Å². The van der Waals surface area contributed by atoms with Gasteiger partial charge in [-0.3, -0.25) is 4.79 Å². The van der Waals surface area contributed by atoms with E-state index < -0.39 is 0 Å². The summed E-state index contributed by atoms with van der Waals surface area (Å²) in [5.74, 6) is -0.0243. The van der Waals surface area contributed by atoms with Crippen LogP contribution in [0.2, 0.25) is 5.02 Å². The van der Waals surface area contributed by atoms with E-state index in [2.05, 4.69) is 0 Å². The van der Waals surface area contributed by atoms with Gasteiger partial charge in [0.15, 0.2) is 5.78 Å². The second-order valence-corrected chi connectivity index (χ2v) is 5.20. The Morgan fingerprint density at radius 1 is 1.10 bits per heavy atom. The Morgan fingerprint density at radius 2 is 1.70 bits per heavy atom. The van der Waals surface area contributed by atoms with Crippen LogP contribution in [-0.4, -0.2) is 12.4 Å². The number of ether oxygens (including phenoxy) is 1. The first kappa shape index (κ1) is 14.8. The minimum absolute atomic E-state index is 0.0243. The van der Waals surface area contributed by atoms with Gasteiger partial charge in [0, 0.05) is 10.6 Å². The summed E-state index contributed by atoms with van der Waals surface area (Å²) < 4.78 is 5.46. The Morgan fingerprint density at radius 3 is 2.30 bits per heavy atom. The van der Waals surface area contributed by atoms with Gasteiger partial charge in [-0.25, -0.2) is 0 Å². The highest BCUT2D eigenvalue weighted by Gasteiger charge is 2.10. The summed E-state index contributed by atoms with van der Waals surface area (Å²) >= 11 is 6.10. The highest BCUT2D eigenvalue weighted by Crippen LogP contribution is 2.22. The lowest BCUT2D eigenvalue weighted by molar-refractivity contribution is 0.0726. The first-order valence-electron chi connectivity index (χ1n) is 6.49. The molecule has 0 fully saturated rings. The number of carbonyl (C=O) groups excluding carboxylic acids is 1. The standard InChI is InChI=1S/C17H17ClO2/c1-12-8-15(9-13(2)17(12)18)16(19)11-20-10-14-6-4-3-5-7-14/h3-9H,10-11H2,1-2H3. The van der Waals surface area contributed by atoms with Crippen LogP contribution >= 0.6 is 11.6 Å². The summed E-state index contributed by atoms with van der Waals surface area (Å²) in [4.78, 5) is 12.1. The summed E-state index contributed by atoms with van der Waals surface area (Å²) in [6.45, 7) is 4.32. The summed E-state index contributed by atoms with van der Waals surface area (Å²) in [6, 6.07) is 13.4. The fourth-order valence-electron chi connectivity index (χ4n) is 2.03. The smallest absolute Gasteiger partial charge is 0.188 e. The molecule has 0 aliphatic carbocycles. The molecule has 0 radical (unpaired) electrons. The minimum atomic E-state index is -0.0243. The van der Waals surface area contributed by atoms with Gasteiger partial charge in [0.25, 0.3) is 0 Å². The predicted octanol–water partition coefficient (Wildman–Crippen LogP) is 4.36. The number of Topliss-reactive ketones (excluding diaryl/α,β-unsaturated/α-hetero) is 1. The van der Waals surface area contributed by atoms with E-state index >= 15 is 0 Å². The third-order valence-electron chi connectivity index (χ3n) is 3.10. The molecule has 0 aliphatic rings. The van der Waals surface area contributed by atoms with Crippen LogP contribution in [0.5, 0.6) is 0 Å². The van der Waals surface area contributed by atoms with Crippen LogP contribution < -0.4 is 0 Å². The van der Waals surface area contributed by atoms with Crippen molar-refractivity contribution in [3.05, 3.63) is 69.7 Å². The predicted molar refractivity (Wildman–Crippen MR) is 81.4 cm³/mol. The minimum Gasteiger partial charge on any atom is -0.369 e. The summed E-state index contributed by atoms with van der Waals surface area (Å²) in [7, 11) is 0. The topological polar surface area (TPSA) is 26.3 Å². The van der Waals surface area contributed by atoms with E-state index in [9.17, 15) is 4.79 Å². The Labute approximate surface area is 124 Å². The molecule has 0 unspecified atom stereocenters. The van der Waals surface area contributed by atoms with Crippen LogP contribution in [0.25, 0.3) is 0 Å². The SMILES string of the molecule is Cc1cc(C(=O)COCc2ccccc2)cc(C)c1Cl. The molecule has 0 aliphatic heterocycles. The van der Waals surface area contributed by atoms with E-state index in [-0.39, 0.29) is 12.4 Å². The number of carbonyl (C=O) groups is 1. The third-order valence-corrected chi connectivity index (χ3v) is 3.70. The number of rotatable bonds is 5. The van der Waals surface area contributed by atoms with Crippen LogP contribution in [0, 0.1) is 13.8 Å². The van der Waals surface area contributed by atoms with Crippen LogP contribution in [-0.2, 0) is 11.3 Å². The number of ketones is 1. The molecular formula is C17H17ClO2. The van der Waals surface area contributed by atoms with Gasteiger partial charge in [0.1, 0.15) is 6.61 Å². The Hall–Kier alpha value is -1.64. The average Bonchev–Trinajstić information content (AvgIpc) is 2.45. The molecule has 0 saturated heterocycles. The van der Waals surface area contributed by atoms with E-state index in [4.69, 9.17) is 16.3 Å². The summed E-state index contributed by atoms with van der Waals surface area (Å²) in [5, 5.41) is 0.715. The van der Waals surface area contributed by atoms with Crippen molar-refractivity contribution in [2.24, 2.45) is 0 Å². The molecule has 20 heavy (non-hydrogen) atoms. The van der Waals surface area contributed by atoms with E-state index in [1.807, 2.05) is 56.3 Å². The molecule has 0 saturated carbocycles. The highest BCUT2D eigenvalue weighted by molar-refractivity contribution is 6.32. The number of halogens is 1. The van der Waals surface area contributed by atoms with Gasteiger partial charge in [0.05, 0.1) is 6.61 Å². The highest BCUT2D eigenvalue weighted by atomic mass is 35.5. The van der Waals surface area contributed by atoms with Gasteiger partial charge in [-0.05, 0) is 42.7 Å². The van der Waals surface area contributed by atoms with Crippen molar-refractivity contribution in [2.45, 2.75) is 20.5 Å². The maximum atomic E-state index is 12.1. The molecule has 0 bridgehead atoms. The maximum absolute atomic E-state index is 12.1. The zero-order chi connectivity index (χ0) is 14.5. The summed E-state index contributed by atoms with van der Waals surface area (Å²) in [5.41, 5.74) is 3.54. The van der Waals surface area contributed by atoms with Crippen molar-refractivity contribution in [2.75, 3.05) is 6.61 Å². The van der Waals surface area contributed by atoms with Crippen molar-refractivity contribution in [3.63, 3.8) is 0 Å². The Balaban J connectivity index is 1.95. The molecule has 0 amide bonds. The summed E-state index contributed by atoms with van der Waals surface area (Å²) in [6.07, 6.45) is 0. The van der Waals surface area contributed by atoms with E-state index in [0.717, 1.165) is 16.7 Å². The molecule has 2 rings (SSSR count). The first-order valence-corrected chi connectivity index (χ1v) is 6.87. The first-order chi connectivity index (χ1) is 9.58.